The Morgan fingerprint density at radius 2 is 1.68 bits per heavy atom. The number of rotatable bonds is 4. The number of methoxy groups -OCH3 is 1. The highest BCUT2D eigenvalue weighted by Crippen LogP contribution is 2.44. The first-order valence-electron chi connectivity index (χ1n) is 8.57. The van der Waals surface area contributed by atoms with Crippen molar-refractivity contribution in [3.8, 4) is 11.1 Å². The van der Waals surface area contributed by atoms with Gasteiger partial charge in [-0.25, -0.2) is 9.59 Å². The number of anilines is 1. The Morgan fingerprint density at radius 1 is 1.07 bits per heavy atom. The molecule has 28 heavy (non-hydrogen) atoms. The third kappa shape index (κ3) is 3.31. The average Bonchev–Trinajstić information content (AvgIpc) is 3.23. The SMILES string of the molecule is COC(=O)c1c(Br)csc1NC(=O)OCC1c2ccccc2-c2ccccc21. The van der Waals surface area contributed by atoms with Gasteiger partial charge in [0.1, 0.15) is 17.2 Å². The summed E-state index contributed by atoms with van der Waals surface area (Å²) in [5, 5.41) is 4.74. The zero-order valence-corrected chi connectivity index (χ0v) is 17.3. The molecule has 2 aromatic carbocycles. The van der Waals surface area contributed by atoms with E-state index in [4.69, 9.17) is 9.47 Å². The van der Waals surface area contributed by atoms with Gasteiger partial charge in [0.05, 0.1) is 7.11 Å². The number of hydrogen-bond donors (Lipinski definition) is 1. The van der Waals surface area contributed by atoms with Gasteiger partial charge in [0.2, 0.25) is 0 Å². The van der Waals surface area contributed by atoms with Crippen LogP contribution in [-0.2, 0) is 9.47 Å². The molecule has 0 radical (unpaired) electrons. The van der Waals surface area contributed by atoms with Gasteiger partial charge in [-0.2, -0.15) is 0 Å². The minimum absolute atomic E-state index is 0.0201. The van der Waals surface area contributed by atoms with Crippen molar-refractivity contribution in [1.29, 1.82) is 0 Å². The predicted molar refractivity (Wildman–Crippen MR) is 112 cm³/mol. The number of halogens is 1. The van der Waals surface area contributed by atoms with E-state index in [2.05, 4.69) is 45.5 Å². The lowest BCUT2D eigenvalue weighted by molar-refractivity contribution is 0.0601. The van der Waals surface area contributed by atoms with Crippen LogP contribution in [0.5, 0.6) is 0 Å². The summed E-state index contributed by atoms with van der Waals surface area (Å²) in [5.74, 6) is -0.546. The molecule has 0 fully saturated rings. The number of hydrogen-bond acceptors (Lipinski definition) is 5. The summed E-state index contributed by atoms with van der Waals surface area (Å²) in [5.41, 5.74) is 4.90. The topological polar surface area (TPSA) is 64.6 Å². The summed E-state index contributed by atoms with van der Waals surface area (Å²) < 4.78 is 10.8. The largest absolute Gasteiger partial charge is 0.465 e. The minimum Gasteiger partial charge on any atom is -0.465 e. The van der Waals surface area contributed by atoms with E-state index in [0.717, 1.165) is 11.1 Å². The minimum atomic E-state index is -0.610. The van der Waals surface area contributed by atoms with Gasteiger partial charge in [-0.15, -0.1) is 11.3 Å². The maximum absolute atomic E-state index is 12.4. The molecule has 0 unspecified atom stereocenters. The Kier molecular flexibility index (Phi) is 5.19. The molecule has 0 atom stereocenters. The van der Waals surface area contributed by atoms with E-state index in [-0.39, 0.29) is 18.1 Å². The van der Waals surface area contributed by atoms with Gasteiger partial charge in [0.25, 0.3) is 0 Å². The fourth-order valence-corrected chi connectivity index (χ4v) is 5.01. The Bertz CT molecular complexity index is 1020. The van der Waals surface area contributed by atoms with E-state index < -0.39 is 12.1 Å². The lowest BCUT2D eigenvalue weighted by atomic mass is 9.98. The second kappa shape index (κ2) is 7.77. The second-order valence-electron chi connectivity index (χ2n) is 6.23. The van der Waals surface area contributed by atoms with Crippen LogP contribution in [-0.4, -0.2) is 25.8 Å². The zero-order valence-electron chi connectivity index (χ0n) is 14.9. The van der Waals surface area contributed by atoms with E-state index in [1.165, 1.54) is 29.6 Å². The molecule has 4 rings (SSSR count). The molecule has 1 aliphatic carbocycles. The first-order valence-corrected chi connectivity index (χ1v) is 10.2. The molecule has 7 heteroatoms. The van der Waals surface area contributed by atoms with Crippen molar-refractivity contribution in [3.05, 3.63) is 75.1 Å². The summed E-state index contributed by atoms with van der Waals surface area (Å²) in [6.07, 6.45) is -0.610. The summed E-state index contributed by atoms with van der Waals surface area (Å²) in [6.45, 7) is 0.208. The summed E-state index contributed by atoms with van der Waals surface area (Å²) in [6, 6.07) is 16.3. The standard InChI is InChI=1S/C21H16BrNO4S/c1-26-20(24)18-17(22)11-28-19(18)23-21(25)27-10-16-14-8-4-2-6-12(14)13-7-3-5-9-15(13)16/h2-9,11,16H,10H2,1H3,(H,23,25). The Hall–Kier alpha value is -2.64. The van der Waals surface area contributed by atoms with Gasteiger partial charge in [-0.05, 0) is 38.2 Å². The summed E-state index contributed by atoms with van der Waals surface area (Å²) in [7, 11) is 1.30. The van der Waals surface area contributed by atoms with Gasteiger partial charge < -0.3 is 9.47 Å². The quantitative estimate of drug-likeness (QED) is 0.513. The van der Waals surface area contributed by atoms with Crippen molar-refractivity contribution in [2.24, 2.45) is 0 Å². The Balaban J connectivity index is 1.50. The van der Waals surface area contributed by atoms with Crippen LogP contribution >= 0.6 is 27.3 Å². The molecule has 1 heterocycles. The van der Waals surface area contributed by atoms with E-state index in [9.17, 15) is 9.59 Å². The monoisotopic (exact) mass is 457 g/mol. The number of esters is 1. The number of benzene rings is 2. The molecular weight excluding hydrogens is 442 g/mol. The highest BCUT2D eigenvalue weighted by Gasteiger charge is 2.29. The van der Waals surface area contributed by atoms with Gasteiger partial charge in [-0.3, -0.25) is 5.32 Å². The van der Waals surface area contributed by atoms with Crippen molar-refractivity contribution < 1.29 is 19.1 Å². The molecule has 1 aliphatic rings. The van der Waals surface area contributed by atoms with Crippen LogP contribution in [0.4, 0.5) is 9.80 Å². The molecule has 142 valence electrons. The molecule has 0 spiro atoms. The van der Waals surface area contributed by atoms with Crippen molar-refractivity contribution in [3.63, 3.8) is 0 Å². The van der Waals surface area contributed by atoms with E-state index in [1.807, 2.05) is 24.3 Å². The third-order valence-corrected chi connectivity index (χ3v) is 6.52. The molecule has 0 bridgehead atoms. The molecular formula is C21H16BrNO4S. The number of ether oxygens (including phenoxy) is 2. The van der Waals surface area contributed by atoms with Crippen LogP contribution in [0.25, 0.3) is 11.1 Å². The predicted octanol–water partition coefficient (Wildman–Crippen LogP) is 5.66. The number of fused-ring (bicyclic) bond motifs is 3. The Labute approximate surface area is 174 Å². The third-order valence-electron chi connectivity index (χ3n) is 4.69. The van der Waals surface area contributed by atoms with Crippen molar-refractivity contribution >= 4 is 44.3 Å². The number of nitrogens with one attached hydrogen (secondary N) is 1. The van der Waals surface area contributed by atoms with Crippen molar-refractivity contribution in [2.75, 3.05) is 19.0 Å². The van der Waals surface area contributed by atoms with Crippen LogP contribution in [0.3, 0.4) is 0 Å². The molecule has 3 aromatic rings. The number of thiophene rings is 1. The van der Waals surface area contributed by atoms with Crippen LogP contribution in [0.1, 0.15) is 27.4 Å². The number of carbonyl (C=O) groups is 2. The number of amides is 1. The molecule has 1 aromatic heterocycles. The van der Waals surface area contributed by atoms with Crippen LogP contribution in [0, 0.1) is 0 Å². The van der Waals surface area contributed by atoms with Crippen molar-refractivity contribution in [1.82, 2.24) is 0 Å². The lowest BCUT2D eigenvalue weighted by Gasteiger charge is -2.14. The Morgan fingerprint density at radius 3 is 2.29 bits per heavy atom. The maximum Gasteiger partial charge on any atom is 0.412 e. The molecule has 1 amide bonds. The summed E-state index contributed by atoms with van der Waals surface area (Å²) in [4.78, 5) is 24.3. The van der Waals surface area contributed by atoms with Crippen LogP contribution in [0.2, 0.25) is 0 Å². The molecule has 1 N–H and O–H groups in total. The first-order chi connectivity index (χ1) is 13.6. The van der Waals surface area contributed by atoms with Gasteiger partial charge in [-0.1, -0.05) is 48.5 Å². The molecule has 5 nitrogen and oxygen atoms in total. The normalized spacial score (nSPS) is 12.2. The number of carbonyl (C=O) groups excluding carboxylic acids is 2. The molecule has 0 saturated carbocycles. The van der Waals surface area contributed by atoms with E-state index >= 15 is 0 Å². The zero-order chi connectivity index (χ0) is 19.7. The molecule has 0 aliphatic heterocycles. The van der Waals surface area contributed by atoms with E-state index in [1.54, 1.807) is 5.38 Å². The fourth-order valence-electron chi connectivity index (χ4n) is 3.45. The second-order valence-corrected chi connectivity index (χ2v) is 7.96. The van der Waals surface area contributed by atoms with Crippen LogP contribution in [0.15, 0.2) is 58.4 Å². The average molecular weight is 458 g/mol. The van der Waals surface area contributed by atoms with Gasteiger partial charge in [0.15, 0.2) is 0 Å². The molecule has 0 saturated heterocycles. The lowest BCUT2D eigenvalue weighted by Crippen LogP contribution is -2.18. The van der Waals surface area contributed by atoms with Gasteiger partial charge >= 0.3 is 12.1 Å². The highest BCUT2D eigenvalue weighted by molar-refractivity contribution is 9.10. The van der Waals surface area contributed by atoms with Crippen molar-refractivity contribution in [2.45, 2.75) is 5.92 Å². The first kappa shape index (κ1) is 18.7. The van der Waals surface area contributed by atoms with Crippen LogP contribution < -0.4 is 5.32 Å². The fraction of sp³-hybridized carbons (Fsp3) is 0.143. The highest BCUT2D eigenvalue weighted by atomic mass is 79.9. The summed E-state index contributed by atoms with van der Waals surface area (Å²) >= 11 is 4.52. The van der Waals surface area contributed by atoms with E-state index in [0.29, 0.717) is 9.47 Å². The maximum atomic E-state index is 12.4. The smallest absolute Gasteiger partial charge is 0.412 e. The van der Waals surface area contributed by atoms with Gasteiger partial charge in [0, 0.05) is 15.8 Å².